The van der Waals surface area contributed by atoms with Gasteiger partial charge in [-0.1, -0.05) is 31.0 Å². The number of rotatable bonds is 4. The number of ether oxygens (including phenoxy) is 1. The molecule has 0 radical (unpaired) electrons. The lowest BCUT2D eigenvalue weighted by molar-refractivity contribution is -0.127. The highest BCUT2D eigenvalue weighted by atomic mass is 16.5. The minimum Gasteiger partial charge on any atom is -0.464 e. The topological polar surface area (TPSA) is 93.5 Å². The summed E-state index contributed by atoms with van der Waals surface area (Å²) in [6.45, 7) is 3.80. The van der Waals surface area contributed by atoms with Crippen molar-refractivity contribution in [2.75, 3.05) is 12.0 Å². The molecule has 1 fully saturated rings. The Morgan fingerprint density at radius 1 is 1.23 bits per heavy atom. The van der Waals surface area contributed by atoms with Gasteiger partial charge in [0.2, 0.25) is 5.91 Å². The maximum atomic E-state index is 13.6. The smallest absolute Gasteiger partial charge is 0.358 e. The van der Waals surface area contributed by atoms with Gasteiger partial charge in [0.05, 0.1) is 13.7 Å². The largest absolute Gasteiger partial charge is 0.464 e. The number of esters is 1. The van der Waals surface area contributed by atoms with Gasteiger partial charge in [0.1, 0.15) is 11.2 Å². The van der Waals surface area contributed by atoms with Crippen LogP contribution in [0.3, 0.4) is 0 Å². The molecule has 2 amide bonds. The highest BCUT2D eigenvalue weighted by molar-refractivity contribution is 6.12. The molecule has 0 saturated heterocycles. The lowest BCUT2D eigenvalue weighted by Crippen LogP contribution is -2.65. The van der Waals surface area contributed by atoms with E-state index in [2.05, 4.69) is 10.4 Å². The Labute approximate surface area is 175 Å². The van der Waals surface area contributed by atoms with Gasteiger partial charge in [-0.05, 0) is 38.3 Å². The number of carbonyl (C=O) groups is 3. The first-order valence-corrected chi connectivity index (χ1v) is 10.2. The maximum Gasteiger partial charge on any atom is 0.358 e. The average molecular weight is 410 g/mol. The summed E-state index contributed by atoms with van der Waals surface area (Å²) in [6, 6.07) is 9.02. The number of aryl methyl sites for hydroxylation is 1. The monoisotopic (exact) mass is 410 g/mol. The Hall–Kier alpha value is -3.16. The molecule has 2 heterocycles. The zero-order valence-electron chi connectivity index (χ0n) is 17.5. The Morgan fingerprint density at radius 2 is 1.93 bits per heavy atom. The van der Waals surface area contributed by atoms with Gasteiger partial charge < -0.3 is 10.1 Å². The van der Waals surface area contributed by atoms with E-state index in [4.69, 9.17) is 4.74 Å². The molecule has 1 aromatic carbocycles. The van der Waals surface area contributed by atoms with Crippen molar-refractivity contribution < 1.29 is 19.1 Å². The molecule has 8 heteroatoms. The third-order valence-electron chi connectivity index (χ3n) is 6.08. The molecule has 1 aromatic heterocycles. The van der Waals surface area contributed by atoms with E-state index in [1.165, 1.54) is 17.9 Å². The molecule has 1 aliphatic carbocycles. The van der Waals surface area contributed by atoms with Crippen molar-refractivity contribution in [1.82, 2.24) is 15.1 Å². The third kappa shape index (κ3) is 3.26. The molecular weight excluding hydrogens is 384 g/mol. The molecule has 1 unspecified atom stereocenters. The summed E-state index contributed by atoms with van der Waals surface area (Å²) in [5, 5.41) is 7.38. The van der Waals surface area contributed by atoms with Gasteiger partial charge in [0.25, 0.3) is 5.91 Å². The van der Waals surface area contributed by atoms with Crippen LogP contribution in [0.5, 0.6) is 0 Å². The summed E-state index contributed by atoms with van der Waals surface area (Å²) >= 11 is 0. The van der Waals surface area contributed by atoms with Crippen molar-refractivity contribution in [1.29, 1.82) is 0 Å². The molecule has 1 saturated carbocycles. The standard InChI is InChI=1S/C22H26N4O4/c1-14-8-4-7-11-17(14)26-19(27)18-12-16(20(28)30-3)24-25(18)13-22(26,2)21(29)23-15-9-5-6-10-15/h4,7-8,11-12,15H,5-6,9-10,13H2,1-3H3,(H,23,29). The van der Waals surface area contributed by atoms with Crippen LogP contribution < -0.4 is 10.2 Å². The molecule has 1 aliphatic heterocycles. The van der Waals surface area contributed by atoms with Crippen LogP contribution in [-0.2, 0) is 16.1 Å². The van der Waals surface area contributed by atoms with E-state index >= 15 is 0 Å². The number of anilines is 1. The second kappa shape index (κ2) is 7.59. The fourth-order valence-electron chi connectivity index (χ4n) is 4.39. The number of aromatic nitrogens is 2. The Morgan fingerprint density at radius 3 is 2.60 bits per heavy atom. The molecule has 1 atom stereocenters. The minimum absolute atomic E-state index is 0.0473. The zero-order chi connectivity index (χ0) is 21.5. The van der Waals surface area contributed by atoms with Crippen molar-refractivity contribution in [2.24, 2.45) is 0 Å². The third-order valence-corrected chi connectivity index (χ3v) is 6.08. The number of methoxy groups -OCH3 is 1. The Kier molecular flexibility index (Phi) is 5.09. The van der Waals surface area contributed by atoms with Crippen molar-refractivity contribution in [2.45, 2.75) is 57.7 Å². The summed E-state index contributed by atoms with van der Waals surface area (Å²) < 4.78 is 6.19. The molecule has 4 rings (SSSR count). The van der Waals surface area contributed by atoms with Crippen molar-refractivity contribution in [3.05, 3.63) is 47.3 Å². The van der Waals surface area contributed by atoms with Crippen LogP contribution in [0.4, 0.5) is 5.69 Å². The van der Waals surface area contributed by atoms with E-state index in [0.29, 0.717) is 5.69 Å². The van der Waals surface area contributed by atoms with Crippen LogP contribution >= 0.6 is 0 Å². The molecule has 0 bridgehead atoms. The summed E-state index contributed by atoms with van der Waals surface area (Å²) in [5.74, 6) is -1.21. The van der Waals surface area contributed by atoms with Crippen LogP contribution in [0.25, 0.3) is 0 Å². The first-order valence-electron chi connectivity index (χ1n) is 10.2. The van der Waals surface area contributed by atoms with Crippen molar-refractivity contribution >= 4 is 23.5 Å². The number of nitrogens with one attached hydrogen (secondary N) is 1. The number of hydrogen-bond acceptors (Lipinski definition) is 5. The van der Waals surface area contributed by atoms with Crippen LogP contribution in [0, 0.1) is 6.92 Å². The van der Waals surface area contributed by atoms with Gasteiger partial charge in [0.15, 0.2) is 5.69 Å². The molecule has 2 aromatic rings. The normalized spacial score (nSPS) is 21.4. The number of hydrogen-bond donors (Lipinski definition) is 1. The summed E-state index contributed by atoms with van der Waals surface area (Å²) in [7, 11) is 1.27. The maximum absolute atomic E-state index is 13.6. The Balaban J connectivity index is 1.80. The number of carbonyl (C=O) groups excluding carboxylic acids is 3. The number of nitrogens with zero attached hydrogens (tertiary/aromatic N) is 3. The number of amides is 2. The van der Waals surface area contributed by atoms with E-state index in [-0.39, 0.29) is 35.8 Å². The molecule has 30 heavy (non-hydrogen) atoms. The van der Waals surface area contributed by atoms with E-state index in [1.54, 1.807) is 11.8 Å². The second-order valence-electron chi connectivity index (χ2n) is 8.22. The predicted octanol–water partition coefficient (Wildman–Crippen LogP) is 2.46. The average Bonchev–Trinajstić information content (AvgIpc) is 3.38. The molecule has 2 aliphatic rings. The minimum atomic E-state index is -1.20. The molecule has 0 spiro atoms. The highest BCUT2D eigenvalue weighted by Crippen LogP contribution is 2.35. The Bertz CT molecular complexity index is 1010. The molecule has 1 N–H and O–H groups in total. The summed E-state index contributed by atoms with van der Waals surface area (Å²) in [6.07, 6.45) is 4.07. The van der Waals surface area contributed by atoms with Gasteiger partial charge in [-0.15, -0.1) is 0 Å². The highest BCUT2D eigenvalue weighted by Gasteiger charge is 2.50. The first kappa shape index (κ1) is 20.1. The van der Waals surface area contributed by atoms with Crippen LogP contribution in [0.1, 0.15) is 59.1 Å². The SMILES string of the molecule is COC(=O)c1cc2n(n1)CC(C)(C(=O)NC1CCCC1)N(c1ccccc1C)C2=O. The van der Waals surface area contributed by atoms with Crippen LogP contribution in [0.15, 0.2) is 30.3 Å². The molecule has 158 valence electrons. The molecular formula is C22H26N4O4. The predicted molar refractivity (Wildman–Crippen MR) is 110 cm³/mol. The molecule has 8 nitrogen and oxygen atoms in total. The van der Waals surface area contributed by atoms with E-state index in [1.807, 2.05) is 31.2 Å². The quantitative estimate of drug-likeness (QED) is 0.782. The number of fused-ring (bicyclic) bond motifs is 1. The lowest BCUT2D eigenvalue weighted by atomic mass is 9.92. The lowest BCUT2D eigenvalue weighted by Gasteiger charge is -2.44. The van der Waals surface area contributed by atoms with Crippen molar-refractivity contribution in [3.63, 3.8) is 0 Å². The number of benzene rings is 1. The fourth-order valence-corrected chi connectivity index (χ4v) is 4.39. The van der Waals surface area contributed by atoms with E-state index < -0.39 is 11.5 Å². The van der Waals surface area contributed by atoms with E-state index in [0.717, 1.165) is 31.2 Å². The first-order chi connectivity index (χ1) is 14.3. The second-order valence-corrected chi connectivity index (χ2v) is 8.22. The van der Waals surface area contributed by atoms with Gasteiger partial charge in [-0.2, -0.15) is 5.10 Å². The summed E-state index contributed by atoms with van der Waals surface area (Å²) in [5.41, 5.74) is 0.652. The van der Waals surface area contributed by atoms with Gasteiger partial charge in [0, 0.05) is 17.8 Å². The fraction of sp³-hybridized carbons (Fsp3) is 0.455. The van der Waals surface area contributed by atoms with Gasteiger partial charge in [-0.25, -0.2) is 4.79 Å². The van der Waals surface area contributed by atoms with Crippen molar-refractivity contribution in [3.8, 4) is 0 Å². The van der Waals surface area contributed by atoms with Gasteiger partial charge >= 0.3 is 5.97 Å². The van der Waals surface area contributed by atoms with Gasteiger partial charge in [-0.3, -0.25) is 19.2 Å². The van der Waals surface area contributed by atoms with Crippen LogP contribution in [-0.4, -0.2) is 46.3 Å². The van der Waals surface area contributed by atoms with E-state index in [9.17, 15) is 14.4 Å². The summed E-state index contributed by atoms with van der Waals surface area (Å²) in [4.78, 5) is 40.6. The number of para-hydroxylation sites is 1. The zero-order valence-corrected chi connectivity index (χ0v) is 17.5. The van der Waals surface area contributed by atoms with Crippen LogP contribution in [0.2, 0.25) is 0 Å².